The van der Waals surface area contributed by atoms with Crippen molar-refractivity contribution in [2.45, 2.75) is 4.90 Å². The number of amides is 1. The molecule has 2 aromatic rings. The summed E-state index contributed by atoms with van der Waals surface area (Å²) in [6, 6.07) is 14.0. The lowest BCUT2D eigenvalue weighted by molar-refractivity contribution is 0.0746. The van der Waals surface area contributed by atoms with E-state index >= 15 is 0 Å². The molecule has 0 spiro atoms. The Kier molecular flexibility index (Phi) is 6.76. The molecule has 0 saturated carbocycles. The number of nitrogens with zero attached hydrogens (tertiary/aromatic N) is 2. The van der Waals surface area contributed by atoms with Crippen LogP contribution in [0.5, 0.6) is 5.75 Å². The van der Waals surface area contributed by atoms with Crippen molar-refractivity contribution in [2.75, 3.05) is 57.7 Å². The topological polar surface area (TPSA) is 76.2 Å². The minimum Gasteiger partial charge on any atom is -0.497 e. The first kappa shape index (κ1) is 21.1. The van der Waals surface area contributed by atoms with Gasteiger partial charge in [-0.3, -0.25) is 4.79 Å². The van der Waals surface area contributed by atoms with Crippen LogP contribution in [0.1, 0.15) is 10.4 Å². The van der Waals surface area contributed by atoms with Crippen molar-refractivity contribution in [3.8, 4) is 5.75 Å². The Morgan fingerprint density at radius 3 is 2.10 bits per heavy atom. The molecule has 7 nitrogen and oxygen atoms in total. The third-order valence-electron chi connectivity index (χ3n) is 5.02. The third kappa shape index (κ3) is 5.07. The highest BCUT2D eigenvalue weighted by molar-refractivity contribution is 7.91. The number of rotatable bonds is 7. The lowest BCUT2D eigenvalue weighted by atomic mass is 10.1. The monoisotopic (exact) mass is 418 g/mol. The summed E-state index contributed by atoms with van der Waals surface area (Å²) in [5, 5.41) is 0. The maximum absolute atomic E-state index is 12.8. The van der Waals surface area contributed by atoms with Crippen LogP contribution in [0.3, 0.4) is 0 Å². The molecule has 1 fully saturated rings. The Balaban J connectivity index is 1.60. The van der Waals surface area contributed by atoms with Gasteiger partial charge in [-0.1, -0.05) is 0 Å². The van der Waals surface area contributed by atoms with Crippen molar-refractivity contribution < 1.29 is 22.7 Å². The Bertz CT molecular complexity index is 919. The van der Waals surface area contributed by atoms with E-state index in [9.17, 15) is 13.2 Å². The molecule has 1 aliphatic rings. The van der Waals surface area contributed by atoms with E-state index in [2.05, 4.69) is 4.90 Å². The van der Waals surface area contributed by atoms with E-state index in [4.69, 9.17) is 9.47 Å². The predicted octanol–water partition coefficient (Wildman–Crippen LogP) is 2.08. The van der Waals surface area contributed by atoms with Crippen LogP contribution in [-0.2, 0) is 14.6 Å². The Hall–Kier alpha value is -2.58. The summed E-state index contributed by atoms with van der Waals surface area (Å²) in [5.74, 6) is 0.653. The second-order valence-electron chi connectivity index (χ2n) is 6.81. The number of piperazine rings is 1. The van der Waals surface area contributed by atoms with E-state index in [0.29, 0.717) is 18.7 Å². The van der Waals surface area contributed by atoms with Crippen LogP contribution in [0.25, 0.3) is 0 Å². The second-order valence-corrected chi connectivity index (χ2v) is 8.92. The lowest BCUT2D eigenvalue weighted by Gasteiger charge is -2.36. The smallest absolute Gasteiger partial charge is 0.253 e. The van der Waals surface area contributed by atoms with Gasteiger partial charge < -0.3 is 19.3 Å². The molecule has 1 amide bonds. The average Bonchev–Trinajstić information content (AvgIpc) is 2.77. The van der Waals surface area contributed by atoms with E-state index in [-0.39, 0.29) is 23.2 Å². The number of methoxy groups -OCH3 is 2. The molecule has 0 radical (unpaired) electrons. The van der Waals surface area contributed by atoms with Gasteiger partial charge in [-0.2, -0.15) is 0 Å². The number of hydrogen-bond donors (Lipinski definition) is 0. The van der Waals surface area contributed by atoms with Crippen molar-refractivity contribution in [1.29, 1.82) is 0 Å². The van der Waals surface area contributed by atoms with Crippen LogP contribution in [0.15, 0.2) is 53.4 Å². The average molecular weight is 419 g/mol. The summed E-state index contributed by atoms with van der Waals surface area (Å²) in [6.45, 7) is 2.84. The van der Waals surface area contributed by atoms with Crippen molar-refractivity contribution in [3.05, 3.63) is 54.1 Å². The molecular weight excluding hydrogens is 392 g/mol. The summed E-state index contributed by atoms with van der Waals surface area (Å²) < 4.78 is 34.4. The lowest BCUT2D eigenvalue weighted by Crippen LogP contribution is -2.48. The molecule has 0 aliphatic carbocycles. The zero-order chi connectivity index (χ0) is 20.9. The van der Waals surface area contributed by atoms with Crippen LogP contribution in [0, 0.1) is 0 Å². The molecule has 2 aromatic carbocycles. The van der Waals surface area contributed by atoms with Crippen molar-refractivity contribution >= 4 is 21.4 Å². The molecular formula is C21H26N2O5S. The van der Waals surface area contributed by atoms with Gasteiger partial charge in [0.2, 0.25) is 0 Å². The SMILES string of the molecule is COCCS(=O)(=O)c1ccc(C(=O)N2CCN(c3ccc(OC)cc3)CC2)cc1. The van der Waals surface area contributed by atoms with Crippen molar-refractivity contribution in [2.24, 2.45) is 0 Å². The van der Waals surface area contributed by atoms with Gasteiger partial charge in [-0.15, -0.1) is 0 Å². The maximum Gasteiger partial charge on any atom is 0.253 e. The number of sulfone groups is 1. The molecule has 0 N–H and O–H groups in total. The minimum absolute atomic E-state index is 0.0793. The predicted molar refractivity (Wildman–Crippen MR) is 111 cm³/mol. The first-order valence-electron chi connectivity index (χ1n) is 9.44. The number of carbonyl (C=O) groups is 1. The van der Waals surface area contributed by atoms with E-state index in [1.165, 1.54) is 19.2 Å². The molecule has 3 rings (SSSR count). The summed E-state index contributed by atoms with van der Waals surface area (Å²) in [6.07, 6.45) is 0. The number of benzene rings is 2. The van der Waals surface area contributed by atoms with Crippen LogP contribution in [0.4, 0.5) is 5.69 Å². The first-order valence-corrected chi connectivity index (χ1v) is 11.1. The number of hydrogen-bond acceptors (Lipinski definition) is 6. The van der Waals surface area contributed by atoms with E-state index in [1.807, 2.05) is 24.3 Å². The molecule has 1 saturated heterocycles. The van der Waals surface area contributed by atoms with Gasteiger partial charge in [0.15, 0.2) is 9.84 Å². The standard InChI is InChI=1S/C21H26N2O5S/c1-27-15-16-29(25,26)20-9-3-17(4-10-20)21(24)23-13-11-22(12-14-23)18-5-7-19(28-2)8-6-18/h3-10H,11-16H2,1-2H3. The molecule has 156 valence electrons. The number of carbonyl (C=O) groups excluding carboxylic acids is 1. The van der Waals surface area contributed by atoms with Crippen LogP contribution in [0.2, 0.25) is 0 Å². The van der Waals surface area contributed by atoms with Gasteiger partial charge >= 0.3 is 0 Å². The van der Waals surface area contributed by atoms with Gasteiger partial charge in [0.25, 0.3) is 5.91 Å². The molecule has 0 aromatic heterocycles. The summed E-state index contributed by atoms with van der Waals surface area (Å²) in [5.41, 5.74) is 1.59. The van der Waals surface area contributed by atoms with E-state index in [1.54, 1.807) is 24.1 Å². The first-order chi connectivity index (χ1) is 13.9. The highest BCUT2D eigenvalue weighted by Gasteiger charge is 2.23. The van der Waals surface area contributed by atoms with Crippen LogP contribution < -0.4 is 9.64 Å². The van der Waals surface area contributed by atoms with E-state index in [0.717, 1.165) is 24.5 Å². The fourth-order valence-corrected chi connectivity index (χ4v) is 4.43. The second kappa shape index (κ2) is 9.28. The van der Waals surface area contributed by atoms with Crippen molar-refractivity contribution in [1.82, 2.24) is 4.90 Å². The summed E-state index contributed by atoms with van der Waals surface area (Å²) in [7, 11) is -0.294. The fourth-order valence-electron chi connectivity index (χ4n) is 3.26. The number of ether oxygens (including phenoxy) is 2. The molecule has 0 atom stereocenters. The van der Waals surface area contributed by atoms with Gasteiger partial charge in [0, 0.05) is 44.5 Å². The molecule has 1 heterocycles. The zero-order valence-electron chi connectivity index (χ0n) is 16.7. The van der Waals surface area contributed by atoms with E-state index < -0.39 is 9.84 Å². The van der Waals surface area contributed by atoms with Gasteiger partial charge in [-0.05, 0) is 48.5 Å². The molecule has 8 heteroatoms. The maximum atomic E-state index is 12.8. The van der Waals surface area contributed by atoms with Gasteiger partial charge in [-0.25, -0.2) is 8.42 Å². The normalized spacial score (nSPS) is 14.7. The molecule has 1 aliphatic heterocycles. The molecule has 0 unspecified atom stereocenters. The molecule has 0 bridgehead atoms. The Morgan fingerprint density at radius 1 is 0.931 bits per heavy atom. The fraction of sp³-hybridized carbons (Fsp3) is 0.381. The molecule has 29 heavy (non-hydrogen) atoms. The summed E-state index contributed by atoms with van der Waals surface area (Å²) >= 11 is 0. The Morgan fingerprint density at radius 2 is 1.55 bits per heavy atom. The largest absolute Gasteiger partial charge is 0.497 e. The highest BCUT2D eigenvalue weighted by atomic mass is 32.2. The third-order valence-corrected chi connectivity index (χ3v) is 6.72. The number of anilines is 1. The highest BCUT2D eigenvalue weighted by Crippen LogP contribution is 2.21. The minimum atomic E-state index is -3.40. The summed E-state index contributed by atoms with van der Waals surface area (Å²) in [4.78, 5) is 17.0. The Labute approximate surface area is 171 Å². The quantitative estimate of drug-likeness (QED) is 0.685. The zero-order valence-corrected chi connectivity index (χ0v) is 17.5. The van der Waals surface area contributed by atoms with Crippen LogP contribution >= 0.6 is 0 Å². The van der Waals surface area contributed by atoms with Crippen molar-refractivity contribution in [3.63, 3.8) is 0 Å². The van der Waals surface area contributed by atoms with Crippen LogP contribution in [-0.4, -0.2) is 72.0 Å². The van der Waals surface area contributed by atoms with Gasteiger partial charge in [0.05, 0.1) is 24.4 Å². The van der Waals surface area contributed by atoms with Gasteiger partial charge in [0.1, 0.15) is 5.75 Å².